The molecule has 0 aliphatic rings. The molecule has 0 bridgehead atoms. The van der Waals surface area contributed by atoms with Crippen LogP contribution in [0.1, 0.15) is 367 Å². The summed E-state index contributed by atoms with van der Waals surface area (Å²) in [7, 11) is 0. The second-order valence-corrected chi connectivity index (χ2v) is 23.4. The molecule has 1 atom stereocenters. The third-order valence-corrected chi connectivity index (χ3v) is 15.5. The van der Waals surface area contributed by atoms with Crippen molar-refractivity contribution in [2.24, 2.45) is 0 Å². The van der Waals surface area contributed by atoms with Gasteiger partial charge in [0, 0.05) is 19.3 Å². The average Bonchev–Trinajstić information content (AvgIpc) is 3.45. The second kappa shape index (κ2) is 67.6. The molecule has 0 aliphatic carbocycles. The van der Waals surface area contributed by atoms with E-state index in [4.69, 9.17) is 14.2 Å². The number of allylic oxidation sites excluding steroid dienone is 10. The zero-order valence-corrected chi connectivity index (χ0v) is 52.9. The van der Waals surface area contributed by atoms with E-state index < -0.39 is 6.10 Å². The normalized spacial score (nSPS) is 12.4. The number of unbranched alkanes of at least 4 members (excludes halogenated alkanes) is 43. The second-order valence-electron chi connectivity index (χ2n) is 23.4. The first-order chi connectivity index (χ1) is 39.0. The summed E-state index contributed by atoms with van der Waals surface area (Å²) >= 11 is 0. The van der Waals surface area contributed by atoms with Crippen LogP contribution in [0, 0.1) is 0 Å². The minimum absolute atomic E-state index is 0.0723. The Balaban J connectivity index is 4.27. The molecular formula is C73H132O6. The molecule has 0 heterocycles. The SMILES string of the molecule is CC/C=C\C/C=C\C/C=C\C/C=C\CCCCCCCCCCCCCCCCC(=O)OCC(COC(=O)CCCCCCC/C=C\CCCCCCCCC)OC(=O)CCCCCCCCCCCCCCCCCCCC. The highest BCUT2D eigenvalue weighted by atomic mass is 16.6. The zero-order valence-electron chi connectivity index (χ0n) is 52.9. The Morgan fingerprint density at radius 1 is 0.266 bits per heavy atom. The van der Waals surface area contributed by atoms with E-state index in [1.165, 1.54) is 238 Å². The Hall–Kier alpha value is -2.89. The molecule has 0 radical (unpaired) electrons. The van der Waals surface area contributed by atoms with Crippen LogP contribution in [0.3, 0.4) is 0 Å². The van der Waals surface area contributed by atoms with E-state index in [0.717, 1.165) is 89.9 Å². The first kappa shape index (κ1) is 76.1. The number of ether oxygens (including phenoxy) is 3. The summed E-state index contributed by atoms with van der Waals surface area (Å²) in [6.45, 7) is 6.58. The highest BCUT2D eigenvalue weighted by Crippen LogP contribution is 2.18. The van der Waals surface area contributed by atoms with Crippen LogP contribution >= 0.6 is 0 Å². The van der Waals surface area contributed by atoms with Crippen molar-refractivity contribution >= 4 is 17.9 Å². The van der Waals surface area contributed by atoms with Crippen LogP contribution in [0.4, 0.5) is 0 Å². The summed E-state index contributed by atoms with van der Waals surface area (Å²) in [5.74, 6) is -0.856. The molecule has 0 aromatic heterocycles. The molecule has 6 nitrogen and oxygen atoms in total. The number of hydrogen-bond donors (Lipinski definition) is 0. The number of rotatable bonds is 64. The van der Waals surface area contributed by atoms with Gasteiger partial charge in [-0.3, -0.25) is 14.4 Å². The average molecular weight is 1110 g/mol. The molecule has 0 aliphatic heterocycles. The van der Waals surface area contributed by atoms with Crippen LogP contribution in [-0.2, 0) is 28.6 Å². The maximum Gasteiger partial charge on any atom is 0.306 e. The summed E-state index contributed by atoms with van der Waals surface area (Å²) in [6, 6.07) is 0. The molecule has 79 heavy (non-hydrogen) atoms. The van der Waals surface area contributed by atoms with Gasteiger partial charge in [0.05, 0.1) is 0 Å². The molecule has 1 unspecified atom stereocenters. The van der Waals surface area contributed by atoms with Gasteiger partial charge in [-0.25, -0.2) is 0 Å². The van der Waals surface area contributed by atoms with Crippen molar-refractivity contribution in [3.05, 3.63) is 60.8 Å². The maximum atomic E-state index is 12.9. The Bertz CT molecular complexity index is 1410. The fourth-order valence-corrected chi connectivity index (χ4v) is 10.3. The van der Waals surface area contributed by atoms with Crippen LogP contribution in [0.5, 0.6) is 0 Å². The Labute approximate surface area is 491 Å². The van der Waals surface area contributed by atoms with Gasteiger partial charge in [0.1, 0.15) is 13.2 Å². The monoisotopic (exact) mass is 1110 g/mol. The van der Waals surface area contributed by atoms with Gasteiger partial charge >= 0.3 is 17.9 Å². The highest BCUT2D eigenvalue weighted by Gasteiger charge is 2.19. The number of esters is 3. The molecular weight excluding hydrogens is 973 g/mol. The quantitative estimate of drug-likeness (QED) is 0.0261. The van der Waals surface area contributed by atoms with Gasteiger partial charge in [-0.05, 0) is 83.5 Å². The molecule has 0 aromatic rings. The first-order valence-electron chi connectivity index (χ1n) is 34.8. The molecule has 0 saturated heterocycles. The molecule has 0 amide bonds. The summed E-state index contributed by atoms with van der Waals surface area (Å²) in [4.78, 5) is 38.4. The summed E-state index contributed by atoms with van der Waals surface area (Å²) in [5.41, 5.74) is 0. The molecule has 0 aromatic carbocycles. The fourth-order valence-electron chi connectivity index (χ4n) is 10.3. The number of carbonyl (C=O) groups excluding carboxylic acids is 3. The van der Waals surface area contributed by atoms with Gasteiger partial charge in [0.15, 0.2) is 6.10 Å². The van der Waals surface area contributed by atoms with E-state index in [9.17, 15) is 14.4 Å². The molecule has 0 spiro atoms. The third-order valence-electron chi connectivity index (χ3n) is 15.5. The topological polar surface area (TPSA) is 78.9 Å². The van der Waals surface area contributed by atoms with Crippen molar-refractivity contribution < 1.29 is 28.6 Å². The Morgan fingerprint density at radius 3 is 0.785 bits per heavy atom. The first-order valence-corrected chi connectivity index (χ1v) is 34.8. The van der Waals surface area contributed by atoms with Gasteiger partial charge in [-0.1, -0.05) is 326 Å². The fraction of sp³-hybridized carbons (Fsp3) is 0.822. The predicted octanol–water partition coefficient (Wildman–Crippen LogP) is 23.9. The van der Waals surface area contributed by atoms with Crippen molar-refractivity contribution in [3.8, 4) is 0 Å². The van der Waals surface area contributed by atoms with Gasteiger partial charge < -0.3 is 14.2 Å². The molecule has 460 valence electrons. The predicted molar refractivity (Wildman–Crippen MR) is 344 cm³/mol. The van der Waals surface area contributed by atoms with Crippen LogP contribution in [0.2, 0.25) is 0 Å². The van der Waals surface area contributed by atoms with E-state index in [0.29, 0.717) is 19.3 Å². The number of hydrogen-bond acceptors (Lipinski definition) is 6. The van der Waals surface area contributed by atoms with E-state index in [1.807, 2.05) is 0 Å². The van der Waals surface area contributed by atoms with E-state index >= 15 is 0 Å². The smallest absolute Gasteiger partial charge is 0.306 e. The Morgan fingerprint density at radius 2 is 0.494 bits per heavy atom. The maximum absolute atomic E-state index is 12.9. The Kier molecular flexibility index (Phi) is 65.1. The van der Waals surface area contributed by atoms with E-state index in [1.54, 1.807) is 0 Å². The van der Waals surface area contributed by atoms with Crippen molar-refractivity contribution in [1.82, 2.24) is 0 Å². The summed E-state index contributed by atoms with van der Waals surface area (Å²) < 4.78 is 17.0. The molecule has 0 rings (SSSR count). The molecule has 0 fully saturated rings. The third kappa shape index (κ3) is 65.8. The van der Waals surface area contributed by atoms with Crippen molar-refractivity contribution in [3.63, 3.8) is 0 Å². The van der Waals surface area contributed by atoms with Gasteiger partial charge in [0.2, 0.25) is 0 Å². The van der Waals surface area contributed by atoms with Crippen LogP contribution < -0.4 is 0 Å². The van der Waals surface area contributed by atoms with Crippen LogP contribution in [0.15, 0.2) is 60.8 Å². The van der Waals surface area contributed by atoms with Crippen LogP contribution in [0.25, 0.3) is 0 Å². The zero-order chi connectivity index (χ0) is 57.1. The van der Waals surface area contributed by atoms with Gasteiger partial charge in [0.25, 0.3) is 0 Å². The van der Waals surface area contributed by atoms with E-state index in [2.05, 4.69) is 81.5 Å². The molecule has 6 heteroatoms. The van der Waals surface area contributed by atoms with Crippen molar-refractivity contribution in [1.29, 1.82) is 0 Å². The molecule has 0 saturated carbocycles. The number of carbonyl (C=O) groups is 3. The van der Waals surface area contributed by atoms with Crippen LogP contribution in [-0.4, -0.2) is 37.2 Å². The van der Waals surface area contributed by atoms with E-state index in [-0.39, 0.29) is 31.1 Å². The van der Waals surface area contributed by atoms with Crippen molar-refractivity contribution in [2.75, 3.05) is 13.2 Å². The minimum atomic E-state index is -0.776. The van der Waals surface area contributed by atoms with Gasteiger partial charge in [-0.2, -0.15) is 0 Å². The summed E-state index contributed by atoms with van der Waals surface area (Å²) in [6.07, 6.45) is 86.7. The lowest BCUT2D eigenvalue weighted by Crippen LogP contribution is -2.30. The largest absolute Gasteiger partial charge is 0.462 e. The lowest BCUT2D eigenvalue weighted by Gasteiger charge is -2.18. The summed E-state index contributed by atoms with van der Waals surface area (Å²) in [5, 5.41) is 0. The molecule has 0 N–H and O–H groups in total. The van der Waals surface area contributed by atoms with Crippen molar-refractivity contribution in [2.45, 2.75) is 374 Å². The standard InChI is InChI=1S/C73H132O6/c1-4-7-10-13-16-19-22-25-28-31-33-34-35-36-37-38-39-40-41-43-45-48-51-54-57-60-63-66-72(75)78-69-70(68-77-71(74)65-62-59-56-53-50-47-44-30-27-24-21-18-15-12-9-6-3)79-73(76)67-64-61-58-55-52-49-46-42-32-29-26-23-20-17-14-11-8-5-2/h7,10,16,19,25,28,30,33-34,44,70H,4-6,8-9,11-15,17-18,20-24,26-27,29,31-32,35-43,45-69H2,1-3H3/b10-7-,19-16-,28-25-,34-33-,44-30-. The lowest BCUT2D eigenvalue weighted by molar-refractivity contribution is -0.167. The van der Waals surface area contributed by atoms with Gasteiger partial charge in [-0.15, -0.1) is 0 Å². The lowest BCUT2D eigenvalue weighted by atomic mass is 10.0. The minimum Gasteiger partial charge on any atom is -0.462 e. The highest BCUT2D eigenvalue weighted by molar-refractivity contribution is 5.71.